The maximum absolute atomic E-state index is 11.9. The van der Waals surface area contributed by atoms with Crippen molar-refractivity contribution in [3.8, 4) is 17.2 Å². The lowest BCUT2D eigenvalue weighted by Crippen LogP contribution is -2.17. The van der Waals surface area contributed by atoms with E-state index < -0.39 is 5.91 Å². The van der Waals surface area contributed by atoms with E-state index in [0.717, 1.165) is 5.56 Å². The fraction of sp³-hybridized carbons (Fsp3) is 0.176. The lowest BCUT2D eigenvalue weighted by atomic mass is 10.2. The molecule has 0 saturated carbocycles. The molecule has 2 rings (SSSR count). The van der Waals surface area contributed by atoms with Gasteiger partial charge in [-0.2, -0.15) is 5.10 Å². The number of methoxy groups -OCH3 is 1. The Balaban J connectivity index is 2.07. The zero-order valence-electron chi connectivity index (χ0n) is 12.9. The number of ether oxygens (including phenoxy) is 2. The molecule has 1 amide bonds. The number of amides is 1. The van der Waals surface area contributed by atoms with E-state index in [9.17, 15) is 9.90 Å². The Labute approximate surface area is 134 Å². The Hall–Kier alpha value is -3.02. The van der Waals surface area contributed by atoms with Crippen LogP contribution in [0.2, 0.25) is 0 Å². The Morgan fingerprint density at radius 2 is 2.04 bits per heavy atom. The zero-order valence-corrected chi connectivity index (χ0v) is 12.9. The van der Waals surface area contributed by atoms with E-state index in [1.165, 1.54) is 18.3 Å². The summed E-state index contributed by atoms with van der Waals surface area (Å²) < 4.78 is 10.7. The van der Waals surface area contributed by atoms with Crippen LogP contribution in [0.5, 0.6) is 17.2 Å². The predicted molar refractivity (Wildman–Crippen MR) is 87.3 cm³/mol. The molecule has 0 fully saturated rings. The molecule has 0 saturated heterocycles. The van der Waals surface area contributed by atoms with Gasteiger partial charge in [-0.25, -0.2) is 5.43 Å². The fourth-order valence-electron chi connectivity index (χ4n) is 1.93. The Bertz CT molecular complexity index is 713. The van der Waals surface area contributed by atoms with Crippen molar-refractivity contribution in [3.05, 3.63) is 53.6 Å². The quantitative estimate of drug-likeness (QED) is 0.634. The van der Waals surface area contributed by atoms with Crippen molar-refractivity contribution in [2.45, 2.75) is 6.92 Å². The molecule has 0 aliphatic carbocycles. The summed E-state index contributed by atoms with van der Waals surface area (Å²) in [5, 5.41) is 13.5. The molecule has 6 nitrogen and oxygen atoms in total. The van der Waals surface area contributed by atoms with Gasteiger partial charge in [0.25, 0.3) is 5.91 Å². The van der Waals surface area contributed by atoms with Crippen LogP contribution in [-0.2, 0) is 0 Å². The molecule has 0 aromatic heterocycles. The van der Waals surface area contributed by atoms with Gasteiger partial charge in [-0.1, -0.05) is 12.1 Å². The number of carbonyl (C=O) groups excluding carboxylic acids is 1. The van der Waals surface area contributed by atoms with Gasteiger partial charge in [0, 0.05) is 0 Å². The van der Waals surface area contributed by atoms with Crippen molar-refractivity contribution in [1.82, 2.24) is 5.43 Å². The maximum Gasteiger partial charge on any atom is 0.275 e. The summed E-state index contributed by atoms with van der Waals surface area (Å²) in [7, 11) is 1.57. The van der Waals surface area contributed by atoms with Crippen LogP contribution in [0.25, 0.3) is 0 Å². The number of nitrogens with one attached hydrogen (secondary N) is 1. The predicted octanol–water partition coefficient (Wildman–Crippen LogP) is 2.56. The number of aromatic hydroxyl groups is 1. The van der Waals surface area contributed by atoms with Gasteiger partial charge in [-0.3, -0.25) is 4.79 Å². The van der Waals surface area contributed by atoms with E-state index in [1.54, 1.807) is 37.4 Å². The van der Waals surface area contributed by atoms with Crippen LogP contribution in [-0.4, -0.2) is 30.9 Å². The lowest BCUT2D eigenvalue weighted by molar-refractivity contribution is 0.0952. The molecule has 0 radical (unpaired) electrons. The van der Waals surface area contributed by atoms with Crippen molar-refractivity contribution < 1.29 is 19.4 Å². The number of hydrazone groups is 1. The lowest BCUT2D eigenvalue weighted by Gasteiger charge is -2.09. The monoisotopic (exact) mass is 314 g/mol. The van der Waals surface area contributed by atoms with Crippen LogP contribution in [0, 0.1) is 0 Å². The number of para-hydroxylation sites is 1. The molecule has 0 unspecified atom stereocenters. The van der Waals surface area contributed by atoms with Crippen molar-refractivity contribution in [2.75, 3.05) is 13.7 Å². The summed E-state index contributed by atoms with van der Waals surface area (Å²) in [6.45, 7) is 2.40. The van der Waals surface area contributed by atoms with Crippen LogP contribution >= 0.6 is 0 Å². The van der Waals surface area contributed by atoms with Crippen molar-refractivity contribution in [3.63, 3.8) is 0 Å². The van der Waals surface area contributed by atoms with Crippen LogP contribution in [0.15, 0.2) is 47.6 Å². The summed E-state index contributed by atoms with van der Waals surface area (Å²) >= 11 is 0. The normalized spacial score (nSPS) is 10.5. The highest BCUT2D eigenvalue weighted by Crippen LogP contribution is 2.27. The number of rotatable bonds is 6. The molecule has 2 aromatic rings. The summed E-state index contributed by atoms with van der Waals surface area (Å²) in [6, 6.07) is 11.6. The first-order chi connectivity index (χ1) is 11.2. The van der Waals surface area contributed by atoms with Gasteiger partial charge in [-0.05, 0) is 42.8 Å². The first kappa shape index (κ1) is 16.4. The van der Waals surface area contributed by atoms with Gasteiger partial charge < -0.3 is 14.6 Å². The third kappa shape index (κ3) is 4.23. The van der Waals surface area contributed by atoms with Crippen LogP contribution in [0.4, 0.5) is 0 Å². The summed E-state index contributed by atoms with van der Waals surface area (Å²) in [4.78, 5) is 11.9. The minimum atomic E-state index is -0.488. The first-order valence-electron chi connectivity index (χ1n) is 7.08. The first-order valence-corrected chi connectivity index (χ1v) is 7.08. The topological polar surface area (TPSA) is 80.2 Å². The second-order valence-corrected chi connectivity index (χ2v) is 4.56. The molecule has 2 N–H and O–H groups in total. The standard InChI is InChI=1S/C17H18N2O4/c1-3-23-16-10-12(8-9-15(16)22-2)11-18-19-17(21)13-6-4-5-7-14(13)20/h4-11,20H,3H2,1-2H3,(H,19,21). The minimum absolute atomic E-state index is 0.0942. The third-order valence-electron chi connectivity index (χ3n) is 3.02. The van der Waals surface area contributed by atoms with Gasteiger partial charge in [0.15, 0.2) is 11.5 Å². The van der Waals surface area contributed by atoms with E-state index in [0.29, 0.717) is 18.1 Å². The molecular formula is C17H18N2O4. The number of nitrogens with zero attached hydrogens (tertiary/aromatic N) is 1. The van der Waals surface area contributed by atoms with Crippen molar-refractivity contribution in [1.29, 1.82) is 0 Å². The smallest absolute Gasteiger partial charge is 0.275 e. The van der Waals surface area contributed by atoms with E-state index in [4.69, 9.17) is 9.47 Å². The van der Waals surface area contributed by atoms with Gasteiger partial charge >= 0.3 is 0 Å². The number of carbonyl (C=O) groups is 1. The molecule has 2 aromatic carbocycles. The molecule has 0 heterocycles. The summed E-state index contributed by atoms with van der Waals surface area (Å²) in [6.07, 6.45) is 1.49. The highest BCUT2D eigenvalue weighted by molar-refractivity contribution is 5.97. The molecule has 0 aliphatic heterocycles. The van der Waals surface area contributed by atoms with Crippen LogP contribution in [0.3, 0.4) is 0 Å². The fourth-order valence-corrected chi connectivity index (χ4v) is 1.93. The van der Waals surface area contributed by atoms with Gasteiger partial charge in [0.2, 0.25) is 0 Å². The largest absolute Gasteiger partial charge is 0.507 e. The average Bonchev–Trinajstić information content (AvgIpc) is 2.56. The Morgan fingerprint density at radius 3 is 2.74 bits per heavy atom. The van der Waals surface area contributed by atoms with Crippen molar-refractivity contribution >= 4 is 12.1 Å². The number of phenols is 1. The van der Waals surface area contributed by atoms with Crippen molar-refractivity contribution in [2.24, 2.45) is 5.10 Å². The van der Waals surface area contributed by atoms with Gasteiger partial charge in [0.1, 0.15) is 5.75 Å². The molecule has 0 aliphatic rings. The van der Waals surface area contributed by atoms with E-state index in [1.807, 2.05) is 6.92 Å². The SMILES string of the molecule is CCOc1cc(C=NNC(=O)c2ccccc2O)ccc1OC. The van der Waals surface area contributed by atoms with Gasteiger partial charge in [0.05, 0.1) is 25.5 Å². The van der Waals surface area contributed by atoms with E-state index in [2.05, 4.69) is 10.5 Å². The molecule has 23 heavy (non-hydrogen) atoms. The molecule has 0 spiro atoms. The Kier molecular flexibility index (Phi) is 5.57. The second-order valence-electron chi connectivity index (χ2n) is 4.56. The summed E-state index contributed by atoms with van der Waals surface area (Å²) in [5.41, 5.74) is 3.27. The second kappa shape index (κ2) is 7.84. The molecule has 120 valence electrons. The molecule has 0 bridgehead atoms. The van der Waals surface area contributed by atoms with Crippen LogP contribution < -0.4 is 14.9 Å². The number of hydrogen-bond acceptors (Lipinski definition) is 5. The highest BCUT2D eigenvalue weighted by Gasteiger charge is 2.08. The zero-order chi connectivity index (χ0) is 16.7. The third-order valence-corrected chi connectivity index (χ3v) is 3.02. The van der Waals surface area contributed by atoms with E-state index >= 15 is 0 Å². The van der Waals surface area contributed by atoms with Crippen LogP contribution in [0.1, 0.15) is 22.8 Å². The Morgan fingerprint density at radius 1 is 1.26 bits per heavy atom. The summed E-state index contributed by atoms with van der Waals surface area (Å²) in [5.74, 6) is 0.648. The average molecular weight is 314 g/mol. The van der Waals surface area contributed by atoms with Gasteiger partial charge in [-0.15, -0.1) is 0 Å². The van der Waals surface area contributed by atoms with E-state index in [-0.39, 0.29) is 11.3 Å². The highest BCUT2D eigenvalue weighted by atomic mass is 16.5. The number of phenolic OH excluding ortho intramolecular Hbond substituents is 1. The number of hydrogen-bond donors (Lipinski definition) is 2. The molecule has 0 atom stereocenters. The number of benzene rings is 2. The minimum Gasteiger partial charge on any atom is -0.507 e. The molecular weight excluding hydrogens is 296 g/mol. The molecule has 6 heteroatoms. The maximum atomic E-state index is 11.9.